The molecule has 0 radical (unpaired) electrons. The number of pyridine rings is 1. The van der Waals surface area contributed by atoms with Crippen LogP contribution in [0.1, 0.15) is 20.3 Å². The molecule has 1 aliphatic heterocycles. The van der Waals surface area contributed by atoms with Gasteiger partial charge in [0.1, 0.15) is 5.82 Å². The molecule has 21 heavy (non-hydrogen) atoms. The average molecular weight is 293 g/mol. The maximum atomic E-state index is 11.1. The Hall–Kier alpha value is -2.02. The maximum absolute atomic E-state index is 11.1. The lowest BCUT2D eigenvalue weighted by molar-refractivity contribution is -0.119. The Morgan fingerprint density at radius 2 is 2.38 bits per heavy atom. The molecule has 7 heteroatoms. The highest BCUT2D eigenvalue weighted by atomic mass is 16.7. The normalized spacial score (nSPS) is 17.9. The molecule has 2 rings (SSSR count). The molecule has 116 valence electrons. The van der Waals surface area contributed by atoms with E-state index in [1.165, 1.54) is 0 Å². The quantitative estimate of drug-likeness (QED) is 0.780. The summed E-state index contributed by atoms with van der Waals surface area (Å²) in [5.74, 6) is 1.46. The molecule has 1 aliphatic rings. The van der Waals surface area contributed by atoms with Crippen LogP contribution in [0.4, 0.5) is 17.3 Å². The highest BCUT2D eigenvalue weighted by molar-refractivity contribution is 5.73. The zero-order valence-corrected chi connectivity index (χ0v) is 12.8. The first kappa shape index (κ1) is 15.4. The lowest BCUT2D eigenvalue weighted by atomic mass is 10.2. The predicted molar refractivity (Wildman–Crippen MR) is 83.1 cm³/mol. The molecule has 2 heterocycles. The van der Waals surface area contributed by atoms with Crippen LogP contribution in [-0.2, 0) is 9.63 Å². The van der Waals surface area contributed by atoms with Gasteiger partial charge < -0.3 is 16.0 Å². The van der Waals surface area contributed by atoms with E-state index in [1.807, 2.05) is 19.1 Å². The summed E-state index contributed by atoms with van der Waals surface area (Å²) in [6, 6.07) is 3.91. The van der Waals surface area contributed by atoms with Gasteiger partial charge in [-0.1, -0.05) is 0 Å². The first-order chi connectivity index (χ1) is 10.0. The second kappa shape index (κ2) is 6.62. The van der Waals surface area contributed by atoms with E-state index in [1.54, 1.807) is 19.0 Å². The number of amides is 1. The van der Waals surface area contributed by atoms with Gasteiger partial charge in [-0.3, -0.25) is 9.63 Å². The molecule has 0 bridgehead atoms. The smallest absolute Gasteiger partial charge is 0.217 e. The Labute approximate surface area is 125 Å². The van der Waals surface area contributed by atoms with E-state index >= 15 is 0 Å². The minimum absolute atomic E-state index is 0.00360. The van der Waals surface area contributed by atoms with Crippen molar-refractivity contribution in [3.63, 3.8) is 0 Å². The van der Waals surface area contributed by atoms with Crippen LogP contribution >= 0.6 is 0 Å². The molecule has 1 amide bonds. The van der Waals surface area contributed by atoms with Crippen LogP contribution in [0.5, 0.6) is 0 Å². The van der Waals surface area contributed by atoms with Crippen LogP contribution in [0.25, 0.3) is 0 Å². The number of hydrogen-bond donors (Lipinski definition) is 2. The molecule has 1 atom stereocenters. The molecular formula is C14H23N5O2. The zero-order valence-electron chi connectivity index (χ0n) is 12.8. The van der Waals surface area contributed by atoms with Crippen molar-refractivity contribution in [2.45, 2.75) is 26.3 Å². The third-order valence-corrected chi connectivity index (χ3v) is 3.43. The number of aromatic nitrogens is 1. The first-order valence-electron chi connectivity index (χ1n) is 7.16. The number of rotatable bonds is 5. The van der Waals surface area contributed by atoms with Crippen LogP contribution in [0.15, 0.2) is 12.1 Å². The second-order valence-electron chi connectivity index (χ2n) is 5.13. The predicted octanol–water partition coefficient (Wildman–Crippen LogP) is 0.766. The fourth-order valence-electron chi connectivity index (χ4n) is 2.51. The number of carbonyl (C=O) groups is 1. The topological polar surface area (TPSA) is 83.7 Å². The summed E-state index contributed by atoms with van der Waals surface area (Å²) in [7, 11) is 1.79. The number of anilines is 3. The Kier molecular flexibility index (Phi) is 4.85. The average Bonchev–Trinajstić information content (AvgIpc) is 2.87. The number of nitrogens with zero attached hydrogens (tertiary/aromatic N) is 3. The summed E-state index contributed by atoms with van der Waals surface area (Å²) in [5, 5.41) is 4.53. The maximum Gasteiger partial charge on any atom is 0.217 e. The monoisotopic (exact) mass is 293 g/mol. The summed E-state index contributed by atoms with van der Waals surface area (Å²) < 4.78 is 0. The first-order valence-corrected chi connectivity index (χ1v) is 7.16. The van der Waals surface area contributed by atoms with Gasteiger partial charge in [0.25, 0.3) is 0 Å². The SMILES string of the molecule is CCON(C)c1nc(N2CCC(NC(C)=O)C2)ccc1N. The largest absolute Gasteiger partial charge is 0.396 e. The van der Waals surface area contributed by atoms with Gasteiger partial charge in [-0.05, 0) is 25.5 Å². The fourth-order valence-corrected chi connectivity index (χ4v) is 2.51. The standard InChI is InChI=1S/C14H23N5O2/c1-4-21-18(3)14-12(15)5-6-13(17-14)19-8-7-11(9-19)16-10(2)20/h5-6,11H,4,7-9,15H2,1-3H3,(H,16,20). The number of nitrogen functional groups attached to an aromatic ring is 1. The Morgan fingerprint density at radius 3 is 3.05 bits per heavy atom. The Bertz CT molecular complexity index is 508. The van der Waals surface area contributed by atoms with Gasteiger partial charge in [-0.2, -0.15) is 0 Å². The molecule has 1 saturated heterocycles. The van der Waals surface area contributed by atoms with Crippen molar-refractivity contribution in [2.75, 3.05) is 42.4 Å². The van der Waals surface area contributed by atoms with Gasteiger partial charge in [0.2, 0.25) is 5.91 Å². The molecule has 1 fully saturated rings. The van der Waals surface area contributed by atoms with Crippen molar-refractivity contribution >= 4 is 23.2 Å². The molecule has 0 saturated carbocycles. The van der Waals surface area contributed by atoms with E-state index in [0.29, 0.717) is 18.1 Å². The minimum Gasteiger partial charge on any atom is -0.396 e. The van der Waals surface area contributed by atoms with Gasteiger partial charge in [0.05, 0.1) is 12.3 Å². The number of hydrogen-bond acceptors (Lipinski definition) is 6. The zero-order chi connectivity index (χ0) is 15.4. The Morgan fingerprint density at radius 1 is 1.62 bits per heavy atom. The van der Waals surface area contributed by atoms with Crippen molar-refractivity contribution in [3.05, 3.63) is 12.1 Å². The van der Waals surface area contributed by atoms with E-state index in [4.69, 9.17) is 10.6 Å². The molecule has 1 aromatic rings. The molecule has 1 unspecified atom stereocenters. The summed E-state index contributed by atoms with van der Waals surface area (Å²) in [6.45, 7) is 5.62. The van der Waals surface area contributed by atoms with Crippen LogP contribution in [0.3, 0.4) is 0 Å². The lowest BCUT2D eigenvalue weighted by Gasteiger charge is -2.22. The van der Waals surface area contributed by atoms with Crippen molar-refractivity contribution in [3.8, 4) is 0 Å². The minimum atomic E-state index is 0.00360. The van der Waals surface area contributed by atoms with Gasteiger partial charge in [-0.25, -0.2) is 10.0 Å². The van der Waals surface area contributed by atoms with E-state index in [9.17, 15) is 4.79 Å². The van der Waals surface area contributed by atoms with Crippen molar-refractivity contribution < 1.29 is 9.63 Å². The third kappa shape index (κ3) is 3.75. The number of carbonyl (C=O) groups excluding carboxylic acids is 1. The molecular weight excluding hydrogens is 270 g/mol. The van der Waals surface area contributed by atoms with E-state index in [2.05, 4.69) is 15.2 Å². The highest BCUT2D eigenvalue weighted by Gasteiger charge is 2.24. The summed E-state index contributed by atoms with van der Waals surface area (Å²) in [4.78, 5) is 23.3. The van der Waals surface area contributed by atoms with E-state index < -0.39 is 0 Å². The second-order valence-corrected chi connectivity index (χ2v) is 5.13. The van der Waals surface area contributed by atoms with Crippen molar-refractivity contribution in [2.24, 2.45) is 0 Å². The van der Waals surface area contributed by atoms with E-state index in [0.717, 1.165) is 25.3 Å². The number of nitrogens with two attached hydrogens (primary N) is 1. The van der Waals surface area contributed by atoms with Gasteiger partial charge in [0.15, 0.2) is 5.82 Å². The molecule has 0 spiro atoms. The summed E-state index contributed by atoms with van der Waals surface area (Å²) in [6.07, 6.45) is 0.919. The molecule has 7 nitrogen and oxygen atoms in total. The van der Waals surface area contributed by atoms with Crippen molar-refractivity contribution in [1.82, 2.24) is 10.3 Å². The van der Waals surface area contributed by atoms with Crippen LogP contribution in [-0.4, -0.2) is 43.7 Å². The highest BCUT2D eigenvalue weighted by Crippen LogP contribution is 2.26. The Balaban J connectivity index is 2.11. The fraction of sp³-hybridized carbons (Fsp3) is 0.571. The van der Waals surface area contributed by atoms with Crippen LogP contribution < -0.4 is 21.0 Å². The molecule has 1 aromatic heterocycles. The van der Waals surface area contributed by atoms with E-state index in [-0.39, 0.29) is 11.9 Å². The van der Waals surface area contributed by atoms with Crippen LogP contribution in [0, 0.1) is 0 Å². The van der Waals surface area contributed by atoms with Crippen LogP contribution in [0.2, 0.25) is 0 Å². The number of nitrogens with one attached hydrogen (secondary N) is 1. The third-order valence-electron chi connectivity index (χ3n) is 3.43. The van der Waals surface area contributed by atoms with Gasteiger partial charge in [0, 0.05) is 33.1 Å². The summed E-state index contributed by atoms with van der Waals surface area (Å²) >= 11 is 0. The van der Waals surface area contributed by atoms with Gasteiger partial charge in [-0.15, -0.1) is 0 Å². The number of hydroxylamine groups is 1. The van der Waals surface area contributed by atoms with Crippen molar-refractivity contribution in [1.29, 1.82) is 0 Å². The molecule has 0 aromatic carbocycles. The molecule has 0 aliphatic carbocycles. The molecule has 3 N–H and O–H groups in total. The lowest BCUT2D eigenvalue weighted by Crippen LogP contribution is -2.35. The van der Waals surface area contributed by atoms with Gasteiger partial charge >= 0.3 is 0 Å². The summed E-state index contributed by atoms with van der Waals surface area (Å²) in [5.41, 5.74) is 6.53.